The molecule has 1 saturated heterocycles. The Hall–Kier alpha value is -2.01. The molecule has 8 atom stereocenters. The number of fused-ring (bicyclic) bond motifs is 2. The van der Waals surface area contributed by atoms with Crippen LogP contribution in [0.2, 0.25) is 0 Å². The van der Waals surface area contributed by atoms with Crippen LogP contribution in [0.5, 0.6) is 11.5 Å². The smallest absolute Gasteiger partial charge is 0.413 e. The minimum Gasteiger partial charge on any atom is -0.482 e. The van der Waals surface area contributed by atoms with E-state index in [9.17, 15) is 19.8 Å². The molecule has 2 spiro atoms. The van der Waals surface area contributed by atoms with Gasteiger partial charge >= 0.3 is 12.1 Å². The predicted octanol–water partition coefficient (Wildman–Crippen LogP) is 5.00. The van der Waals surface area contributed by atoms with Crippen LogP contribution < -0.4 is 14.8 Å². The molecule has 2 aliphatic heterocycles. The van der Waals surface area contributed by atoms with Crippen molar-refractivity contribution in [2.24, 2.45) is 22.7 Å². The van der Waals surface area contributed by atoms with Crippen molar-refractivity contribution in [2.45, 2.75) is 114 Å². The van der Waals surface area contributed by atoms with Gasteiger partial charge in [0.15, 0.2) is 11.5 Å². The fraction of sp³-hybridized carbons (Fsp3) is 0.771. The second-order valence-electron chi connectivity index (χ2n) is 16.0. The van der Waals surface area contributed by atoms with Gasteiger partial charge in [-0.1, -0.05) is 26.8 Å². The van der Waals surface area contributed by atoms with E-state index >= 15 is 0 Å². The van der Waals surface area contributed by atoms with Crippen LogP contribution in [-0.2, 0) is 21.4 Å². The Morgan fingerprint density at radius 2 is 1.96 bits per heavy atom. The number of rotatable bonds is 10. The van der Waals surface area contributed by atoms with E-state index in [2.05, 4.69) is 37.1 Å². The van der Waals surface area contributed by atoms with Gasteiger partial charge in [0.25, 0.3) is 0 Å². The quantitative estimate of drug-likeness (QED) is 0.324. The number of carbonyl (C=O) groups is 2. The average molecular weight is 643 g/mol. The van der Waals surface area contributed by atoms with E-state index in [1.807, 2.05) is 19.2 Å². The second kappa shape index (κ2) is 10.5. The van der Waals surface area contributed by atoms with E-state index in [0.29, 0.717) is 29.7 Å². The van der Waals surface area contributed by atoms with Gasteiger partial charge in [0.1, 0.15) is 17.7 Å². The third-order valence-electron chi connectivity index (χ3n) is 13.2. The molecular formula is C35H50N2O7S. The molecule has 2 heterocycles. The number of aliphatic hydroxyl groups is 1. The highest BCUT2D eigenvalue weighted by Crippen LogP contribution is 2.78. The lowest BCUT2D eigenvalue weighted by molar-refractivity contribution is -0.312. The van der Waals surface area contributed by atoms with Crippen molar-refractivity contribution in [3.8, 4) is 11.5 Å². The third-order valence-corrected chi connectivity index (χ3v) is 13.9. The second-order valence-corrected chi connectivity index (χ2v) is 17.0. The molecule has 8 rings (SSSR count). The fourth-order valence-electron chi connectivity index (χ4n) is 10.4. The van der Waals surface area contributed by atoms with Crippen molar-refractivity contribution in [1.82, 2.24) is 10.2 Å². The third kappa shape index (κ3) is 4.30. The van der Waals surface area contributed by atoms with E-state index in [4.69, 9.17) is 14.2 Å². The standard InChI is InChI=1S/C35H50N2O7S/c1-31(2,3)32(4,41)24-18-33-12-13-35(24,42-5)29-34(33)14-15-37(19-20-7-8-20)25(33)17-21-9-10-23(27(44-29)26(21)34)43-30(40)36-22(28(38)39)11-16-45-6/h9-10,20,22,24-25,29,41H,7-8,11-19H2,1-6H3,(H,36,40)(H,38,39)/t22-,24+,25+,29+,32-,33+,34-,35+/m0/s1. The number of amides is 1. The summed E-state index contributed by atoms with van der Waals surface area (Å²) in [5.74, 6) is 1.07. The van der Waals surface area contributed by atoms with Crippen LogP contribution in [0.15, 0.2) is 12.1 Å². The van der Waals surface area contributed by atoms with Gasteiger partial charge < -0.3 is 29.7 Å². The lowest BCUT2D eigenvalue weighted by Gasteiger charge is -2.75. The SMILES string of the molecule is CO[C@]12CC[C@@]3(C[C@@H]1[C@](C)(O)C(C)(C)C)[C@H]1Cc4ccc(OC(=O)N[C@@H](CCSC)C(=O)O)c5c4[C@@]3(CCN1CC1CC1)[C@H]2O5. The van der Waals surface area contributed by atoms with Crippen LogP contribution in [0.25, 0.3) is 0 Å². The van der Waals surface area contributed by atoms with Gasteiger partial charge in [-0.05, 0) is 99.8 Å². The Morgan fingerprint density at radius 3 is 2.60 bits per heavy atom. The molecular weight excluding hydrogens is 592 g/mol. The molecule has 248 valence electrons. The molecule has 5 fully saturated rings. The van der Waals surface area contributed by atoms with Crippen molar-refractivity contribution < 1.29 is 34.0 Å². The Bertz CT molecular complexity index is 1390. The molecule has 0 radical (unpaired) electrons. The Labute approximate surface area is 271 Å². The maximum absolute atomic E-state index is 13.2. The van der Waals surface area contributed by atoms with Gasteiger partial charge in [0, 0.05) is 42.0 Å². The number of methoxy groups -OCH3 is 1. The maximum atomic E-state index is 13.2. The van der Waals surface area contributed by atoms with Crippen LogP contribution >= 0.6 is 11.8 Å². The van der Waals surface area contributed by atoms with Crippen molar-refractivity contribution in [2.75, 3.05) is 32.2 Å². The van der Waals surface area contributed by atoms with Crippen LogP contribution in [0.3, 0.4) is 0 Å². The summed E-state index contributed by atoms with van der Waals surface area (Å²) in [5.41, 5.74) is -0.158. The lowest BCUT2D eigenvalue weighted by Crippen LogP contribution is -2.83. The summed E-state index contributed by atoms with van der Waals surface area (Å²) in [6.07, 6.45) is 8.19. The minimum atomic E-state index is -1.08. The van der Waals surface area contributed by atoms with Crippen molar-refractivity contribution >= 4 is 23.8 Å². The zero-order valence-corrected chi connectivity index (χ0v) is 28.4. The molecule has 0 unspecified atom stereocenters. The number of ether oxygens (including phenoxy) is 3. The number of hydrogen-bond acceptors (Lipinski definition) is 8. The molecule has 4 saturated carbocycles. The summed E-state index contributed by atoms with van der Waals surface area (Å²) >= 11 is 1.53. The van der Waals surface area contributed by atoms with Gasteiger partial charge in [-0.2, -0.15) is 11.8 Å². The van der Waals surface area contributed by atoms with Crippen molar-refractivity contribution in [1.29, 1.82) is 0 Å². The number of carboxylic acids is 1. The number of likely N-dealkylation sites (tertiary alicyclic amines) is 1. The zero-order valence-electron chi connectivity index (χ0n) is 27.6. The van der Waals surface area contributed by atoms with Gasteiger partial charge in [-0.3, -0.25) is 4.90 Å². The van der Waals surface area contributed by atoms with Gasteiger partial charge in [-0.25, -0.2) is 9.59 Å². The highest BCUT2D eigenvalue weighted by Gasteiger charge is 2.82. The molecule has 1 amide bonds. The molecule has 9 nitrogen and oxygen atoms in total. The monoisotopic (exact) mass is 642 g/mol. The van der Waals surface area contributed by atoms with Crippen molar-refractivity contribution in [3.63, 3.8) is 0 Å². The van der Waals surface area contributed by atoms with Gasteiger partial charge in [-0.15, -0.1) is 0 Å². The number of nitrogens with zero attached hydrogens (tertiary/aromatic N) is 1. The summed E-state index contributed by atoms with van der Waals surface area (Å²) in [6.45, 7) is 10.5. The van der Waals surface area contributed by atoms with Crippen LogP contribution in [0.1, 0.15) is 83.8 Å². The minimum absolute atomic E-state index is 0.115. The Balaban J connectivity index is 1.33. The Morgan fingerprint density at radius 1 is 1.20 bits per heavy atom. The summed E-state index contributed by atoms with van der Waals surface area (Å²) < 4.78 is 19.7. The molecule has 0 aromatic heterocycles. The van der Waals surface area contributed by atoms with E-state index in [-0.39, 0.29) is 28.3 Å². The number of carboxylic acid groups (broad SMARTS) is 1. The summed E-state index contributed by atoms with van der Waals surface area (Å²) in [7, 11) is 1.78. The highest BCUT2D eigenvalue weighted by molar-refractivity contribution is 7.98. The number of hydrogen-bond donors (Lipinski definition) is 3. The van der Waals surface area contributed by atoms with E-state index < -0.39 is 29.3 Å². The summed E-state index contributed by atoms with van der Waals surface area (Å²) in [6, 6.07) is 3.23. The number of thioether (sulfide) groups is 1. The van der Waals surface area contributed by atoms with Crippen LogP contribution in [0, 0.1) is 22.7 Å². The maximum Gasteiger partial charge on any atom is 0.413 e. The van der Waals surface area contributed by atoms with Crippen LogP contribution in [-0.4, -0.2) is 88.8 Å². The first-order valence-corrected chi connectivity index (χ1v) is 18.2. The van der Waals surface area contributed by atoms with Gasteiger partial charge in [0.05, 0.1) is 5.60 Å². The molecule has 5 aliphatic carbocycles. The van der Waals surface area contributed by atoms with Crippen molar-refractivity contribution in [3.05, 3.63) is 23.3 Å². The topological polar surface area (TPSA) is 118 Å². The number of piperidine rings is 1. The average Bonchev–Trinajstić information content (AvgIpc) is 3.73. The first-order valence-electron chi connectivity index (χ1n) is 16.8. The van der Waals surface area contributed by atoms with E-state index in [1.54, 1.807) is 7.11 Å². The molecule has 3 N–H and O–H groups in total. The Kier molecular flexibility index (Phi) is 7.37. The first-order chi connectivity index (χ1) is 21.3. The molecule has 1 aromatic carbocycles. The summed E-state index contributed by atoms with van der Waals surface area (Å²) in [4.78, 5) is 27.8. The summed E-state index contributed by atoms with van der Waals surface area (Å²) in [5, 5.41) is 24.7. The fourth-order valence-corrected chi connectivity index (χ4v) is 10.9. The number of nitrogens with one attached hydrogen (secondary N) is 1. The van der Waals surface area contributed by atoms with E-state index in [0.717, 1.165) is 56.7 Å². The molecule has 1 aromatic rings. The molecule has 4 bridgehead atoms. The van der Waals surface area contributed by atoms with Gasteiger partial charge in [0.2, 0.25) is 0 Å². The normalized spacial score (nSPS) is 36.5. The largest absolute Gasteiger partial charge is 0.482 e. The predicted molar refractivity (Wildman–Crippen MR) is 172 cm³/mol. The molecule has 10 heteroatoms. The zero-order chi connectivity index (χ0) is 32.2. The lowest BCUT2D eigenvalue weighted by atomic mass is 9.33. The molecule has 45 heavy (non-hydrogen) atoms. The number of aliphatic carboxylic acids is 1. The first kappa shape index (κ1) is 31.6. The number of benzene rings is 1. The van der Waals surface area contributed by atoms with E-state index in [1.165, 1.54) is 30.2 Å². The molecule has 7 aliphatic rings. The van der Waals surface area contributed by atoms with Crippen LogP contribution in [0.4, 0.5) is 4.79 Å². The highest BCUT2D eigenvalue weighted by atomic mass is 32.2. The number of carbonyl (C=O) groups excluding carboxylic acids is 1.